The number of thiazole rings is 1. The number of rotatable bonds is 4. The number of aromatic nitrogens is 1. The molecule has 0 N–H and O–H groups in total. The molecule has 1 atom stereocenters. The maximum Gasteiger partial charge on any atom is 0.416 e. The van der Waals surface area contributed by atoms with Crippen molar-refractivity contribution in [3.8, 4) is 0 Å². The molecule has 3 nitrogen and oxygen atoms in total. The van der Waals surface area contributed by atoms with Crippen LogP contribution < -0.4 is 4.90 Å². The second-order valence-corrected chi connectivity index (χ2v) is 9.38. The van der Waals surface area contributed by atoms with E-state index in [-0.39, 0.29) is 22.6 Å². The number of hydrogen-bond acceptors (Lipinski definition) is 4. The van der Waals surface area contributed by atoms with Crippen molar-refractivity contribution in [1.29, 1.82) is 0 Å². The summed E-state index contributed by atoms with van der Waals surface area (Å²) in [5.74, 6) is 0.0169. The zero-order valence-corrected chi connectivity index (χ0v) is 17.5. The second kappa shape index (κ2) is 7.67. The van der Waals surface area contributed by atoms with E-state index in [4.69, 9.17) is 11.6 Å². The summed E-state index contributed by atoms with van der Waals surface area (Å²) in [4.78, 5) is 19.3. The third kappa shape index (κ3) is 4.51. The van der Waals surface area contributed by atoms with E-state index in [1.165, 1.54) is 17.4 Å². The monoisotopic (exact) mass is 430 g/mol. The zero-order valence-electron chi connectivity index (χ0n) is 15.9. The summed E-state index contributed by atoms with van der Waals surface area (Å²) < 4.78 is 38.6. The molecule has 0 bridgehead atoms. The van der Waals surface area contributed by atoms with Crippen LogP contribution >= 0.6 is 22.9 Å². The van der Waals surface area contributed by atoms with Crippen LogP contribution in [0.1, 0.15) is 49.9 Å². The van der Waals surface area contributed by atoms with E-state index in [0.717, 1.165) is 29.3 Å². The van der Waals surface area contributed by atoms with Gasteiger partial charge < -0.3 is 4.90 Å². The molecule has 0 amide bonds. The Labute approximate surface area is 171 Å². The highest BCUT2D eigenvalue weighted by atomic mass is 35.5. The molecule has 8 heteroatoms. The highest BCUT2D eigenvalue weighted by Gasteiger charge is 2.35. The van der Waals surface area contributed by atoms with Gasteiger partial charge in [-0.3, -0.25) is 4.79 Å². The standard InChI is InChI=1S/C20H22ClF3N2OS/c1-19(2,3)17-11-28-18(25-17)10-16(27)15-5-4-8-26(15)14-7-6-12(9-13(14)21)20(22,23)24/h6-7,9,11,15H,4-5,8,10H2,1-3H3/t15-/m0/s1. The number of carbonyl (C=O) groups excluding carboxylic acids is 1. The highest BCUT2D eigenvalue weighted by Crippen LogP contribution is 2.37. The molecule has 1 saturated heterocycles. The van der Waals surface area contributed by atoms with Gasteiger partial charge in [0.15, 0.2) is 5.78 Å². The molecule has 2 aromatic rings. The van der Waals surface area contributed by atoms with Crippen LogP contribution in [-0.4, -0.2) is 23.4 Å². The summed E-state index contributed by atoms with van der Waals surface area (Å²) in [5.41, 5.74) is 0.556. The average Bonchev–Trinajstić information content (AvgIpc) is 3.22. The number of hydrogen-bond donors (Lipinski definition) is 0. The Bertz CT molecular complexity index is 873. The molecule has 1 aromatic heterocycles. The summed E-state index contributed by atoms with van der Waals surface area (Å²) in [7, 11) is 0. The molecule has 28 heavy (non-hydrogen) atoms. The highest BCUT2D eigenvalue weighted by molar-refractivity contribution is 7.09. The number of carbonyl (C=O) groups is 1. The van der Waals surface area contributed by atoms with E-state index >= 15 is 0 Å². The molecule has 1 aliphatic heterocycles. The summed E-state index contributed by atoms with van der Waals surface area (Å²) in [5, 5.41) is 2.75. The molecule has 0 aliphatic carbocycles. The second-order valence-electron chi connectivity index (χ2n) is 8.03. The number of Topliss-reactive ketones (excluding diaryl/α,β-unsaturated/α-hetero) is 1. The Morgan fingerprint density at radius 1 is 1.32 bits per heavy atom. The lowest BCUT2D eigenvalue weighted by Crippen LogP contribution is -2.37. The first-order valence-electron chi connectivity index (χ1n) is 9.08. The van der Waals surface area contributed by atoms with E-state index in [1.54, 1.807) is 0 Å². The molecular formula is C20H22ClF3N2OS. The summed E-state index contributed by atoms with van der Waals surface area (Å²) in [6.07, 6.45) is -2.77. The number of ketones is 1. The minimum Gasteiger partial charge on any atom is -0.360 e. The summed E-state index contributed by atoms with van der Waals surface area (Å²) in [6.45, 7) is 6.80. The Morgan fingerprint density at radius 2 is 2.04 bits per heavy atom. The predicted octanol–water partition coefficient (Wildman–Crippen LogP) is 5.89. The van der Waals surface area contributed by atoms with Crippen molar-refractivity contribution in [1.82, 2.24) is 4.98 Å². The van der Waals surface area contributed by atoms with Crippen LogP contribution in [0.2, 0.25) is 5.02 Å². The molecule has 1 fully saturated rings. The van der Waals surface area contributed by atoms with Crippen LogP contribution in [0, 0.1) is 0 Å². The van der Waals surface area contributed by atoms with Crippen LogP contribution in [0.5, 0.6) is 0 Å². The van der Waals surface area contributed by atoms with Gasteiger partial charge in [-0.2, -0.15) is 13.2 Å². The van der Waals surface area contributed by atoms with Crippen molar-refractivity contribution in [3.05, 3.63) is 44.9 Å². The fourth-order valence-corrected chi connectivity index (χ4v) is 4.63. The Kier molecular flexibility index (Phi) is 5.79. The zero-order chi connectivity index (χ0) is 20.7. The Balaban J connectivity index is 1.77. The van der Waals surface area contributed by atoms with Crippen LogP contribution in [0.25, 0.3) is 0 Å². The van der Waals surface area contributed by atoms with Crippen molar-refractivity contribution in [3.63, 3.8) is 0 Å². The first-order chi connectivity index (χ1) is 13.0. The lowest BCUT2D eigenvalue weighted by Gasteiger charge is -2.27. The molecule has 152 valence electrons. The first kappa shape index (κ1) is 21.1. The predicted molar refractivity (Wildman–Crippen MR) is 106 cm³/mol. The lowest BCUT2D eigenvalue weighted by atomic mass is 9.93. The van der Waals surface area contributed by atoms with Gasteiger partial charge in [0.2, 0.25) is 0 Å². The topological polar surface area (TPSA) is 33.2 Å². The summed E-state index contributed by atoms with van der Waals surface area (Å²) in [6, 6.07) is 2.90. The van der Waals surface area contributed by atoms with Gasteiger partial charge in [-0.1, -0.05) is 32.4 Å². The quantitative estimate of drug-likeness (QED) is 0.606. The van der Waals surface area contributed by atoms with Gasteiger partial charge >= 0.3 is 6.18 Å². The van der Waals surface area contributed by atoms with E-state index in [1.807, 2.05) is 10.3 Å². The van der Waals surface area contributed by atoms with Gasteiger partial charge in [0.05, 0.1) is 34.4 Å². The van der Waals surface area contributed by atoms with Gasteiger partial charge in [-0.05, 0) is 31.0 Å². The maximum absolute atomic E-state index is 12.9. The number of benzene rings is 1. The SMILES string of the molecule is CC(C)(C)c1csc(CC(=O)[C@@H]2CCCN2c2ccc(C(F)(F)F)cc2Cl)n1. The van der Waals surface area contributed by atoms with E-state index in [2.05, 4.69) is 25.8 Å². The summed E-state index contributed by atoms with van der Waals surface area (Å²) >= 11 is 7.60. The van der Waals surface area contributed by atoms with Crippen LogP contribution in [-0.2, 0) is 22.8 Å². The van der Waals surface area contributed by atoms with E-state index in [0.29, 0.717) is 18.7 Å². The third-order valence-corrected chi connectivity index (χ3v) is 6.01. The van der Waals surface area contributed by atoms with Crippen molar-refractivity contribution < 1.29 is 18.0 Å². The molecule has 0 spiro atoms. The van der Waals surface area contributed by atoms with Gasteiger partial charge in [0, 0.05) is 17.3 Å². The molecule has 1 aliphatic rings. The van der Waals surface area contributed by atoms with E-state index < -0.39 is 17.8 Å². The third-order valence-electron chi connectivity index (χ3n) is 4.85. The fourth-order valence-electron chi connectivity index (χ4n) is 3.31. The van der Waals surface area contributed by atoms with Crippen molar-refractivity contribution in [2.75, 3.05) is 11.4 Å². The number of nitrogens with zero attached hydrogens (tertiary/aromatic N) is 2. The van der Waals surface area contributed by atoms with Crippen LogP contribution in [0.3, 0.4) is 0 Å². The van der Waals surface area contributed by atoms with Crippen LogP contribution in [0.15, 0.2) is 23.6 Å². The average molecular weight is 431 g/mol. The van der Waals surface area contributed by atoms with Gasteiger partial charge in [0.1, 0.15) is 5.01 Å². The number of anilines is 1. The number of alkyl halides is 3. The fraction of sp³-hybridized carbons (Fsp3) is 0.500. The Hall–Kier alpha value is -1.60. The minimum absolute atomic E-state index is 0.0128. The molecule has 0 radical (unpaired) electrons. The molecular weight excluding hydrogens is 409 g/mol. The Morgan fingerprint density at radius 3 is 2.61 bits per heavy atom. The maximum atomic E-state index is 12.9. The molecule has 2 heterocycles. The molecule has 0 unspecified atom stereocenters. The molecule has 1 aromatic carbocycles. The van der Waals surface area contributed by atoms with Crippen molar-refractivity contribution in [2.24, 2.45) is 0 Å². The minimum atomic E-state index is -4.45. The van der Waals surface area contributed by atoms with Crippen molar-refractivity contribution >= 4 is 34.4 Å². The normalized spacial score (nSPS) is 18.0. The number of halogens is 4. The van der Waals surface area contributed by atoms with E-state index in [9.17, 15) is 18.0 Å². The van der Waals surface area contributed by atoms with Gasteiger partial charge in [-0.25, -0.2) is 4.98 Å². The first-order valence-corrected chi connectivity index (χ1v) is 10.3. The molecule has 3 rings (SSSR count). The lowest BCUT2D eigenvalue weighted by molar-refractivity contribution is -0.137. The van der Waals surface area contributed by atoms with Crippen molar-refractivity contribution in [2.45, 2.75) is 57.7 Å². The molecule has 0 saturated carbocycles. The van der Waals surface area contributed by atoms with Gasteiger partial charge in [0.25, 0.3) is 0 Å². The largest absolute Gasteiger partial charge is 0.416 e. The van der Waals surface area contributed by atoms with Crippen LogP contribution in [0.4, 0.5) is 18.9 Å². The smallest absolute Gasteiger partial charge is 0.360 e. The van der Waals surface area contributed by atoms with Gasteiger partial charge in [-0.15, -0.1) is 11.3 Å².